The van der Waals surface area contributed by atoms with Gasteiger partial charge in [-0.15, -0.1) is 10.2 Å². The Hall–Kier alpha value is -2.22. The first kappa shape index (κ1) is 21.5. The smallest absolute Gasteiger partial charge is 0.234 e. The van der Waals surface area contributed by atoms with E-state index in [0.717, 1.165) is 23.3 Å². The quantitative estimate of drug-likeness (QED) is 0.619. The molecule has 0 atom stereocenters. The van der Waals surface area contributed by atoms with Crippen molar-refractivity contribution in [1.29, 1.82) is 0 Å². The summed E-state index contributed by atoms with van der Waals surface area (Å²) in [6.45, 7) is 0. The molecule has 1 heterocycles. The molecule has 1 aromatic heterocycles. The number of amides is 1. The van der Waals surface area contributed by atoms with Crippen LogP contribution in [0.4, 0.5) is 5.69 Å². The Labute approximate surface area is 176 Å². The van der Waals surface area contributed by atoms with E-state index < -0.39 is 0 Å². The first-order valence-electron chi connectivity index (χ1n) is 10.1. The van der Waals surface area contributed by atoms with Crippen LogP contribution in [0.3, 0.4) is 0 Å². The third-order valence-corrected chi connectivity index (χ3v) is 6.46. The summed E-state index contributed by atoms with van der Waals surface area (Å²) in [6, 6.07) is 5.29. The second kappa shape index (κ2) is 10.5. The third-order valence-electron chi connectivity index (χ3n) is 5.44. The topological polar surface area (TPSA) is 78.3 Å². The van der Waals surface area contributed by atoms with Crippen molar-refractivity contribution in [3.8, 4) is 11.5 Å². The molecule has 158 valence electrons. The number of anilines is 1. The van der Waals surface area contributed by atoms with Crippen molar-refractivity contribution in [2.45, 2.75) is 50.1 Å². The number of ether oxygens (including phenoxy) is 2. The van der Waals surface area contributed by atoms with Gasteiger partial charge in [-0.1, -0.05) is 43.9 Å². The number of aryl methyl sites for hydroxylation is 1. The van der Waals surface area contributed by atoms with E-state index in [1.54, 1.807) is 32.4 Å². The number of hydrogen-bond donors (Lipinski definition) is 1. The lowest BCUT2D eigenvalue weighted by molar-refractivity contribution is -0.113. The largest absolute Gasteiger partial charge is 0.497 e. The van der Waals surface area contributed by atoms with Crippen molar-refractivity contribution < 1.29 is 14.3 Å². The summed E-state index contributed by atoms with van der Waals surface area (Å²) in [6.07, 6.45) is 8.91. The van der Waals surface area contributed by atoms with Crippen molar-refractivity contribution in [1.82, 2.24) is 14.8 Å². The van der Waals surface area contributed by atoms with Gasteiger partial charge in [-0.05, 0) is 24.5 Å². The van der Waals surface area contributed by atoms with Gasteiger partial charge in [0, 0.05) is 19.5 Å². The predicted molar refractivity (Wildman–Crippen MR) is 115 cm³/mol. The molecule has 8 heteroatoms. The first-order chi connectivity index (χ1) is 14.1. The van der Waals surface area contributed by atoms with Gasteiger partial charge in [-0.3, -0.25) is 4.79 Å². The van der Waals surface area contributed by atoms with Crippen LogP contribution >= 0.6 is 11.8 Å². The Bertz CT molecular complexity index is 818. The van der Waals surface area contributed by atoms with Gasteiger partial charge < -0.3 is 19.4 Å². The van der Waals surface area contributed by atoms with Gasteiger partial charge in [0.2, 0.25) is 5.91 Å². The van der Waals surface area contributed by atoms with Crippen LogP contribution in [-0.4, -0.2) is 40.6 Å². The molecule has 1 fully saturated rings. The zero-order chi connectivity index (χ0) is 20.6. The Balaban J connectivity index is 1.51. The van der Waals surface area contributed by atoms with Crippen LogP contribution in [0.1, 0.15) is 44.3 Å². The minimum Gasteiger partial charge on any atom is -0.497 e. The molecule has 0 radical (unpaired) electrons. The van der Waals surface area contributed by atoms with Gasteiger partial charge in [0.25, 0.3) is 0 Å². The van der Waals surface area contributed by atoms with E-state index in [2.05, 4.69) is 15.5 Å². The average Bonchev–Trinajstić information content (AvgIpc) is 3.11. The second-order valence-corrected chi connectivity index (χ2v) is 8.35. The molecule has 7 nitrogen and oxygen atoms in total. The molecular formula is C21H30N4O3S. The average molecular weight is 419 g/mol. The third kappa shape index (κ3) is 5.88. The minimum absolute atomic E-state index is 0.120. The highest BCUT2D eigenvalue weighted by Gasteiger charge is 2.17. The van der Waals surface area contributed by atoms with E-state index in [1.165, 1.54) is 50.3 Å². The highest BCUT2D eigenvalue weighted by molar-refractivity contribution is 7.99. The van der Waals surface area contributed by atoms with Gasteiger partial charge in [0.05, 0.1) is 25.7 Å². The van der Waals surface area contributed by atoms with Crippen molar-refractivity contribution in [3.05, 3.63) is 24.0 Å². The molecule has 0 aliphatic heterocycles. The molecule has 0 spiro atoms. The zero-order valence-electron chi connectivity index (χ0n) is 17.4. The summed E-state index contributed by atoms with van der Waals surface area (Å²) in [5.41, 5.74) is 0.616. The molecule has 0 saturated heterocycles. The first-order valence-corrected chi connectivity index (χ1v) is 11.1. The van der Waals surface area contributed by atoms with Crippen LogP contribution in [0, 0.1) is 5.92 Å². The summed E-state index contributed by atoms with van der Waals surface area (Å²) in [5, 5.41) is 12.2. The molecule has 29 heavy (non-hydrogen) atoms. The maximum absolute atomic E-state index is 12.4. The Kier molecular flexibility index (Phi) is 7.80. The molecule has 0 bridgehead atoms. The maximum Gasteiger partial charge on any atom is 0.234 e. The van der Waals surface area contributed by atoms with E-state index >= 15 is 0 Å². The molecule has 1 aliphatic carbocycles. The van der Waals surface area contributed by atoms with E-state index in [4.69, 9.17) is 9.47 Å². The Morgan fingerprint density at radius 3 is 2.72 bits per heavy atom. The molecular weight excluding hydrogens is 388 g/mol. The highest BCUT2D eigenvalue weighted by atomic mass is 32.2. The molecule has 2 aromatic rings. The fourth-order valence-corrected chi connectivity index (χ4v) is 4.45. The summed E-state index contributed by atoms with van der Waals surface area (Å²) in [7, 11) is 5.13. The van der Waals surface area contributed by atoms with E-state index in [1.807, 2.05) is 11.6 Å². The predicted octanol–water partition coefficient (Wildman–Crippen LogP) is 4.08. The molecule has 3 rings (SSSR count). The lowest BCUT2D eigenvalue weighted by Gasteiger charge is -2.20. The summed E-state index contributed by atoms with van der Waals surface area (Å²) in [4.78, 5) is 12.4. The van der Waals surface area contributed by atoms with E-state index in [9.17, 15) is 4.79 Å². The van der Waals surface area contributed by atoms with Gasteiger partial charge in [0.1, 0.15) is 17.3 Å². The molecule has 1 amide bonds. The van der Waals surface area contributed by atoms with Crippen molar-refractivity contribution in [3.63, 3.8) is 0 Å². The molecule has 1 saturated carbocycles. The van der Waals surface area contributed by atoms with Crippen LogP contribution in [-0.2, 0) is 18.3 Å². The maximum atomic E-state index is 12.4. The number of hydrogen-bond acceptors (Lipinski definition) is 6. The number of nitrogens with zero attached hydrogens (tertiary/aromatic N) is 3. The van der Waals surface area contributed by atoms with E-state index in [-0.39, 0.29) is 11.7 Å². The van der Waals surface area contributed by atoms with Crippen molar-refractivity contribution in [2.24, 2.45) is 13.0 Å². The van der Waals surface area contributed by atoms with Crippen molar-refractivity contribution in [2.75, 3.05) is 25.3 Å². The number of carbonyl (C=O) groups is 1. The summed E-state index contributed by atoms with van der Waals surface area (Å²) >= 11 is 1.39. The fraction of sp³-hybridized carbons (Fsp3) is 0.571. The monoisotopic (exact) mass is 418 g/mol. The van der Waals surface area contributed by atoms with Crippen LogP contribution in [0.15, 0.2) is 23.4 Å². The number of nitrogens with one attached hydrogen (secondary N) is 1. The SMILES string of the molecule is COc1ccc(NC(=O)CSc2nnc(CCC3CCCCC3)n2C)c(OC)c1. The van der Waals surface area contributed by atoms with Crippen LogP contribution in [0.25, 0.3) is 0 Å². The zero-order valence-corrected chi connectivity index (χ0v) is 18.3. The molecule has 1 N–H and O–H groups in total. The second-order valence-electron chi connectivity index (χ2n) is 7.40. The van der Waals surface area contributed by atoms with E-state index in [0.29, 0.717) is 17.2 Å². The van der Waals surface area contributed by atoms with Gasteiger partial charge in [-0.2, -0.15) is 0 Å². The Morgan fingerprint density at radius 1 is 1.21 bits per heavy atom. The molecule has 1 aliphatic rings. The molecule has 0 unspecified atom stereocenters. The lowest BCUT2D eigenvalue weighted by Crippen LogP contribution is -2.15. The number of methoxy groups -OCH3 is 2. The standard InChI is InChI=1S/C21H30N4O3S/c1-25-19(12-9-15-7-5-4-6-8-15)23-24-21(25)29-14-20(26)22-17-11-10-16(27-2)13-18(17)28-3/h10-11,13,15H,4-9,12,14H2,1-3H3,(H,22,26). The van der Waals surface area contributed by atoms with Gasteiger partial charge in [0.15, 0.2) is 5.16 Å². The van der Waals surface area contributed by atoms with Crippen LogP contribution in [0.5, 0.6) is 11.5 Å². The highest BCUT2D eigenvalue weighted by Crippen LogP contribution is 2.30. The van der Waals surface area contributed by atoms with Crippen LogP contribution in [0.2, 0.25) is 0 Å². The number of aromatic nitrogens is 3. The summed E-state index contributed by atoms with van der Waals surface area (Å²) < 4.78 is 12.5. The normalized spacial score (nSPS) is 14.6. The van der Waals surface area contributed by atoms with Gasteiger partial charge in [-0.25, -0.2) is 0 Å². The Morgan fingerprint density at radius 2 is 2.00 bits per heavy atom. The number of benzene rings is 1. The summed E-state index contributed by atoms with van der Waals surface area (Å²) in [5.74, 6) is 3.19. The van der Waals surface area contributed by atoms with Crippen LogP contribution < -0.4 is 14.8 Å². The lowest BCUT2D eigenvalue weighted by atomic mass is 9.86. The number of rotatable bonds is 9. The number of carbonyl (C=O) groups excluding carboxylic acids is 1. The minimum atomic E-state index is -0.120. The van der Waals surface area contributed by atoms with Crippen molar-refractivity contribution >= 4 is 23.4 Å². The van der Waals surface area contributed by atoms with Gasteiger partial charge >= 0.3 is 0 Å². The number of thioether (sulfide) groups is 1. The molecule has 1 aromatic carbocycles. The fourth-order valence-electron chi connectivity index (χ4n) is 3.72.